The number of nitro groups is 1. The highest BCUT2D eigenvalue weighted by Gasteiger charge is 2.34. The van der Waals surface area contributed by atoms with Gasteiger partial charge in [0.15, 0.2) is 0 Å². The van der Waals surface area contributed by atoms with Crippen LogP contribution in [-0.4, -0.2) is 11.5 Å². The number of rotatable bonds is 6. The van der Waals surface area contributed by atoms with Crippen LogP contribution in [-0.2, 0) is 0 Å². The molecule has 0 aliphatic heterocycles. The average Bonchev–Trinajstić information content (AvgIpc) is 2.85. The van der Waals surface area contributed by atoms with Gasteiger partial charge in [-0.3, -0.25) is 10.1 Å². The molecule has 1 fully saturated rings. The lowest BCUT2D eigenvalue weighted by Crippen LogP contribution is -2.28. The number of nitrogens with zero attached hydrogens (tertiary/aromatic N) is 1. The fourth-order valence-electron chi connectivity index (χ4n) is 3.74. The molecule has 2 rings (SSSR count). The van der Waals surface area contributed by atoms with Crippen LogP contribution in [0.25, 0.3) is 0 Å². The lowest BCUT2D eigenvalue weighted by molar-refractivity contribution is -0.385. The number of hydrogen-bond acceptors (Lipinski definition) is 3. The molecule has 0 amide bonds. The number of nitrogens with one attached hydrogen (secondary N) is 1. The average molecular weight is 290 g/mol. The summed E-state index contributed by atoms with van der Waals surface area (Å²) in [5.41, 5.74) is 2.20. The van der Waals surface area contributed by atoms with Gasteiger partial charge in [0.1, 0.15) is 0 Å². The van der Waals surface area contributed by atoms with E-state index in [4.69, 9.17) is 0 Å². The van der Waals surface area contributed by atoms with Gasteiger partial charge >= 0.3 is 0 Å². The second-order valence-electron chi connectivity index (χ2n) is 6.87. The van der Waals surface area contributed by atoms with Crippen LogP contribution in [0.5, 0.6) is 0 Å². The van der Waals surface area contributed by atoms with E-state index in [9.17, 15) is 10.1 Å². The molecule has 4 nitrogen and oxygen atoms in total. The van der Waals surface area contributed by atoms with Crippen LogP contribution in [0.15, 0.2) is 18.2 Å². The van der Waals surface area contributed by atoms with Crippen molar-refractivity contribution < 1.29 is 4.92 Å². The smallest absolute Gasteiger partial charge is 0.274 e. The number of hydrogen-bond donors (Lipinski definition) is 1. The standard InChI is InChI=1S/C17H26N2O2/c1-13(2)11-17(9-4-5-10-17)12-18-15-7-6-8-16(14(15)3)19(20)21/h6-8,13,18H,4-5,9-12H2,1-3H3. The molecule has 1 aliphatic carbocycles. The van der Waals surface area contributed by atoms with Gasteiger partial charge in [0.2, 0.25) is 0 Å². The van der Waals surface area contributed by atoms with Crippen molar-refractivity contribution in [1.29, 1.82) is 0 Å². The summed E-state index contributed by atoms with van der Waals surface area (Å²) in [5, 5.41) is 14.5. The summed E-state index contributed by atoms with van der Waals surface area (Å²) in [6.07, 6.45) is 6.39. The van der Waals surface area contributed by atoms with E-state index in [0.29, 0.717) is 11.3 Å². The highest BCUT2D eigenvalue weighted by atomic mass is 16.6. The molecular weight excluding hydrogens is 264 g/mol. The molecule has 0 heterocycles. The number of nitro benzene ring substituents is 1. The number of anilines is 1. The number of benzene rings is 1. The van der Waals surface area contributed by atoms with Gasteiger partial charge in [-0.1, -0.05) is 32.8 Å². The molecule has 0 bridgehead atoms. The Morgan fingerprint density at radius 1 is 1.33 bits per heavy atom. The van der Waals surface area contributed by atoms with E-state index in [-0.39, 0.29) is 10.6 Å². The minimum atomic E-state index is -0.306. The lowest BCUT2D eigenvalue weighted by atomic mass is 9.78. The van der Waals surface area contributed by atoms with Crippen molar-refractivity contribution in [2.24, 2.45) is 11.3 Å². The minimum absolute atomic E-state index is 0.198. The second-order valence-corrected chi connectivity index (χ2v) is 6.87. The molecule has 0 spiro atoms. The molecular formula is C17H26N2O2. The SMILES string of the molecule is Cc1c(NCC2(CC(C)C)CCCC2)cccc1[N+](=O)[O-]. The van der Waals surface area contributed by atoms with Gasteiger partial charge in [0, 0.05) is 23.9 Å². The van der Waals surface area contributed by atoms with Crippen LogP contribution in [0.3, 0.4) is 0 Å². The normalized spacial score (nSPS) is 17.1. The van der Waals surface area contributed by atoms with Crippen molar-refractivity contribution in [2.75, 3.05) is 11.9 Å². The molecule has 0 aromatic heterocycles. The summed E-state index contributed by atoms with van der Waals surface area (Å²) in [6, 6.07) is 5.28. The molecule has 1 aliphatic rings. The first-order valence-electron chi connectivity index (χ1n) is 7.91. The molecule has 0 radical (unpaired) electrons. The quantitative estimate of drug-likeness (QED) is 0.597. The Morgan fingerprint density at radius 3 is 2.57 bits per heavy atom. The van der Waals surface area contributed by atoms with Gasteiger partial charge in [-0.25, -0.2) is 0 Å². The minimum Gasteiger partial charge on any atom is -0.384 e. The monoisotopic (exact) mass is 290 g/mol. The first kappa shape index (κ1) is 15.8. The van der Waals surface area contributed by atoms with E-state index in [2.05, 4.69) is 19.2 Å². The van der Waals surface area contributed by atoms with E-state index in [1.807, 2.05) is 13.0 Å². The van der Waals surface area contributed by atoms with Crippen molar-refractivity contribution in [2.45, 2.75) is 52.9 Å². The second kappa shape index (κ2) is 6.46. The molecule has 0 atom stereocenters. The zero-order valence-electron chi connectivity index (χ0n) is 13.3. The highest BCUT2D eigenvalue weighted by molar-refractivity contribution is 5.59. The zero-order chi connectivity index (χ0) is 15.5. The Kier molecular flexibility index (Phi) is 4.86. The van der Waals surface area contributed by atoms with Crippen LogP contribution in [0.4, 0.5) is 11.4 Å². The van der Waals surface area contributed by atoms with Crippen molar-refractivity contribution in [1.82, 2.24) is 0 Å². The Morgan fingerprint density at radius 2 is 2.00 bits per heavy atom. The van der Waals surface area contributed by atoms with Crippen LogP contribution in [0.2, 0.25) is 0 Å². The van der Waals surface area contributed by atoms with E-state index < -0.39 is 0 Å². The molecule has 1 saturated carbocycles. The van der Waals surface area contributed by atoms with Gasteiger partial charge in [0.05, 0.1) is 4.92 Å². The first-order chi connectivity index (χ1) is 9.93. The molecule has 4 heteroatoms. The summed E-state index contributed by atoms with van der Waals surface area (Å²) in [6.45, 7) is 7.30. The maximum atomic E-state index is 11.0. The lowest BCUT2D eigenvalue weighted by Gasteiger charge is -2.32. The van der Waals surface area contributed by atoms with Gasteiger partial charge in [-0.05, 0) is 43.6 Å². The Balaban J connectivity index is 2.11. The van der Waals surface area contributed by atoms with Crippen molar-refractivity contribution in [3.8, 4) is 0 Å². The van der Waals surface area contributed by atoms with Crippen LogP contribution < -0.4 is 5.32 Å². The topological polar surface area (TPSA) is 55.2 Å². The maximum Gasteiger partial charge on any atom is 0.274 e. The zero-order valence-corrected chi connectivity index (χ0v) is 13.3. The fourth-order valence-corrected chi connectivity index (χ4v) is 3.74. The Labute approximate surface area is 127 Å². The van der Waals surface area contributed by atoms with E-state index >= 15 is 0 Å². The third-order valence-corrected chi connectivity index (χ3v) is 4.66. The van der Waals surface area contributed by atoms with E-state index in [1.54, 1.807) is 12.1 Å². The maximum absolute atomic E-state index is 11.0. The van der Waals surface area contributed by atoms with Gasteiger partial charge in [0.25, 0.3) is 5.69 Å². The Bertz CT molecular complexity index is 506. The highest BCUT2D eigenvalue weighted by Crippen LogP contribution is 2.43. The summed E-state index contributed by atoms with van der Waals surface area (Å²) in [4.78, 5) is 10.7. The van der Waals surface area contributed by atoms with Gasteiger partial charge in [-0.2, -0.15) is 0 Å². The molecule has 0 saturated heterocycles. The summed E-state index contributed by atoms with van der Waals surface area (Å²) < 4.78 is 0. The van der Waals surface area contributed by atoms with Crippen LogP contribution in [0, 0.1) is 28.4 Å². The van der Waals surface area contributed by atoms with Crippen molar-refractivity contribution in [3.05, 3.63) is 33.9 Å². The van der Waals surface area contributed by atoms with Crippen LogP contribution >= 0.6 is 0 Å². The molecule has 21 heavy (non-hydrogen) atoms. The molecule has 116 valence electrons. The van der Waals surface area contributed by atoms with E-state index in [1.165, 1.54) is 32.1 Å². The Hall–Kier alpha value is -1.58. The predicted octanol–water partition coefficient (Wildman–Crippen LogP) is 4.92. The van der Waals surface area contributed by atoms with Gasteiger partial charge < -0.3 is 5.32 Å². The molecule has 1 N–H and O–H groups in total. The summed E-state index contributed by atoms with van der Waals surface area (Å²) >= 11 is 0. The van der Waals surface area contributed by atoms with Crippen molar-refractivity contribution >= 4 is 11.4 Å². The summed E-state index contributed by atoms with van der Waals surface area (Å²) in [5.74, 6) is 0.691. The summed E-state index contributed by atoms with van der Waals surface area (Å²) in [7, 11) is 0. The van der Waals surface area contributed by atoms with Crippen molar-refractivity contribution in [3.63, 3.8) is 0 Å². The molecule has 1 aromatic carbocycles. The fraction of sp³-hybridized carbons (Fsp3) is 0.647. The third-order valence-electron chi connectivity index (χ3n) is 4.66. The molecule has 1 aromatic rings. The largest absolute Gasteiger partial charge is 0.384 e. The first-order valence-corrected chi connectivity index (χ1v) is 7.91. The molecule has 0 unspecified atom stereocenters. The van der Waals surface area contributed by atoms with Crippen LogP contribution in [0.1, 0.15) is 51.5 Å². The predicted molar refractivity (Wildman–Crippen MR) is 86.7 cm³/mol. The van der Waals surface area contributed by atoms with Gasteiger partial charge in [-0.15, -0.1) is 0 Å². The third kappa shape index (κ3) is 3.74. The van der Waals surface area contributed by atoms with E-state index in [0.717, 1.165) is 17.8 Å².